The molecule has 5 nitrogen and oxygen atoms in total. The van der Waals surface area contributed by atoms with Crippen molar-refractivity contribution in [3.8, 4) is 5.75 Å². The lowest BCUT2D eigenvalue weighted by Crippen LogP contribution is -2.37. The number of cyclic esters (lactones) is 1. The molecule has 6 heteroatoms. The molecule has 0 aliphatic carbocycles. The van der Waals surface area contributed by atoms with Gasteiger partial charge in [-0.25, -0.2) is 4.79 Å². The Hall–Kier alpha value is -2.79. The van der Waals surface area contributed by atoms with E-state index in [0.717, 1.165) is 11.1 Å². The van der Waals surface area contributed by atoms with Crippen molar-refractivity contribution < 1.29 is 19.1 Å². The van der Waals surface area contributed by atoms with E-state index in [4.69, 9.17) is 21.1 Å². The predicted molar refractivity (Wildman–Crippen MR) is 107 cm³/mol. The molecule has 2 aromatic rings. The van der Waals surface area contributed by atoms with Gasteiger partial charge in [0.25, 0.3) is 0 Å². The summed E-state index contributed by atoms with van der Waals surface area (Å²) in [7, 11) is 0. The lowest BCUT2D eigenvalue weighted by atomic mass is 9.83. The maximum Gasteiger partial charge on any atom is 0.336 e. The van der Waals surface area contributed by atoms with Crippen molar-refractivity contribution in [1.29, 1.82) is 0 Å². The summed E-state index contributed by atoms with van der Waals surface area (Å²) >= 11 is 6.26. The molecule has 144 valence electrons. The van der Waals surface area contributed by atoms with Crippen molar-refractivity contribution in [2.24, 2.45) is 0 Å². The Kier molecular flexibility index (Phi) is 4.85. The zero-order valence-electron chi connectivity index (χ0n) is 15.7. The predicted octanol–water partition coefficient (Wildman–Crippen LogP) is 4.38. The summed E-state index contributed by atoms with van der Waals surface area (Å²) in [6, 6.07) is 13.0. The molecule has 0 aromatic heterocycles. The highest BCUT2D eigenvalue weighted by Gasteiger charge is 2.43. The van der Waals surface area contributed by atoms with Gasteiger partial charge in [0, 0.05) is 22.9 Å². The Morgan fingerprint density at radius 3 is 2.75 bits per heavy atom. The fourth-order valence-corrected chi connectivity index (χ4v) is 3.97. The minimum absolute atomic E-state index is 0.0682. The number of nitrogens with zero attached hydrogens (tertiary/aromatic N) is 1. The van der Waals surface area contributed by atoms with Crippen LogP contribution in [0.5, 0.6) is 5.75 Å². The SMILES string of the molecule is CCOc1ccccc1[C@H]1CC(=O)N(c2ccc(C)c(Cl)c2)C2=C1C(=O)OC2. The molecule has 0 saturated heterocycles. The maximum absolute atomic E-state index is 13.1. The number of hydrogen-bond donors (Lipinski definition) is 0. The number of anilines is 1. The average Bonchev–Trinajstić information content (AvgIpc) is 3.06. The van der Waals surface area contributed by atoms with Gasteiger partial charge in [-0.05, 0) is 37.6 Å². The van der Waals surface area contributed by atoms with E-state index in [9.17, 15) is 9.59 Å². The van der Waals surface area contributed by atoms with Gasteiger partial charge in [-0.1, -0.05) is 35.9 Å². The first kappa shape index (κ1) is 18.6. The molecule has 1 atom stereocenters. The summed E-state index contributed by atoms with van der Waals surface area (Å²) in [6.07, 6.45) is 0.156. The second-order valence-corrected chi connectivity index (χ2v) is 7.23. The summed E-state index contributed by atoms with van der Waals surface area (Å²) < 4.78 is 11.1. The second-order valence-electron chi connectivity index (χ2n) is 6.83. The first-order valence-corrected chi connectivity index (χ1v) is 9.60. The number of hydrogen-bond acceptors (Lipinski definition) is 4. The Morgan fingerprint density at radius 1 is 1.21 bits per heavy atom. The summed E-state index contributed by atoms with van der Waals surface area (Å²) in [5.41, 5.74) is 3.49. The number of amides is 1. The maximum atomic E-state index is 13.1. The molecule has 0 saturated carbocycles. The number of para-hydroxylation sites is 1. The third kappa shape index (κ3) is 3.06. The molecular weight excluding hydrogens is 378 g/mol. The van der Waals surface area contributed by atoms with Crippen LogP contribution in [0.3, 0.4) is 0 Å². The van der Waals surface area contributed by atoms with Gasteiger partial charge in [-0.15, -0.1) is 0 Å². The highest BCUT2D eigenvalue weighted by atomic mass is 35.5. The van der Waals surface area contributed by atoms with Crippen LogP contribution in [0.2, 0.25) is 5.02 Å². The quantitative estimate of drug-likeness (QED) is 0.718. The average molecular weight is 398 g/mol. The van der Waals surface area contributed by atoms with Gasteiger partial charge in [0.1, 0.15) is 12.4 Å². The standard InChI is InChI=1S/C22H20ClNO4/c1-3-27-19-7-5-4-6-15(19)16-11-20(25)24(18-12-28-22(26)21(16)18)14-9-8-13(2)17(23)10-14/h4-10,16H,3,11-12H2,1-2H3/t16-/m1/s1. The number of benzene rings is 2. The molecule has 0 bridgehead atoms. The molecule has 2 aliphatic heterocycles. The molecule has 0 spiro atoms. The largest absolute Gasteiger partial charge is 0.494 e. The fraction of sp³-hybridized carbons (Fsp3) is 0.273. The fourth-order valence-electron chi connectivity index (χ4n) is 3.80. The molecule has 0 fully saturated rings. The molecule has 0 unspecified atom stereocenters. The summed E-state index contributed by atoms with van der Waals surface area (Å²) in [5.74, 6) is -0.200. The Bertz CT molecular complexity index is 998. The third-order valence-electron chi connectivity index (χ3n) is 5.13. The summed E-state index contributed by atoms with van der Waals surface area (Å²) in [6.45, 7) is 4.37. The number of carbonyl (C=O) groups excluding carboxylic acids is 2. The van der Waals surface area contributed by atoms with Gasteiger partial charge in [0.15, 0.2) is 0 Å². The van der Waals surface area contributed by atoms with Crippen LogP contribution in [0.15, 0.2) is 53.7 Å². The van der Waals surface area contributed by atoms with Crippen LogP contribution in [-0.4, -0.2) is 25.1 Å². The highest BCUT2D eigenvalue weighted by molar-refractivity contribution is 6.31. The zero-order chi connectivity index (χ0) is 19.8. The van der Waals surface area contributed by atoms with E-state index in [2.05, 4.69) is 0 Å². The number of carbonyl (C=O) groups is 2. The van der Waals surface area contributed by atoms with Gasteiger partial charge in [0.05, 0.1) is 23.6 Å². The van der Waals surface area contributed by atoms with Crippen LogP contribution in [0.4, 0.5) is 5.69 Å². The Balaban J connectivity index is 1.83. The van der Waals surface area contributed by atoms with Crippen LogP contribution in [0, 0.1) is 6.92 Å². The van der Waals surface area contributed by atoms with Gasteiger partial charge >= 0.3 is 5.97 Å². The van der Waals surface area contributed by atoms with Crippen LogP contribution in [-0.2, 0) is 14.3 Å². The van der Waals surface area contributed by atoms with Crippen molar-refractivity contribution in [2.75, 3.05) is 18.1 Å². The lowest BCUT2D eigenvalue weighted by molar-refractivity contribution is -0.136. The molecule has 2 aromatic carbocycles. The van der Waals surface area contributed by atoms with Crippen molar-refractivity contribution >= 4 is 29.2 Å². The molecule has 4 rings (SSSR count). The minimum atomic E-state index is -0.391. The zero-order valence-corrected chi connectivity index (χ0v) is 16.5. The van der Waals surface area contributed by atoms with E-state index in [1.807, 2.05) is 50.2 Å². The third-order valence-corrected chi connectivity index (χ3v) is 5.53. The molecule has 2 heterocycles. The van der Waals surface area contributed by atoms with Crippen molar-refractivity contribution in [1.82, 2.24) is 0 Å². The first-order chi connectivity index (χ1) is 13.5. The van der Waals surface area contributed by atoms with E-state index < -0.39 is 5.92 Å². The molecule has 1 amide bonds. The molecule has 0 radical (unpaired) electrons. The Morgan fingerprint density at radius 2 is 2.00 bits per heavy atom. The van der Waals surface area contributed by atoms with Crippen LogP contribution in [0.25, 0.3) is 0 Å². The molecule has 0 N–H and O–H groups in total. The smallest absolute Gasteiger partial charge is 0.336 e. The second kappa shape index (κ2) is 7.32. The first-order valence-electron chi connectivity index (χ1n) is 9.22. The van der Waals surface area contributed by atoms with Crippen LogP contribution >= 0.6 is 11.6 Å². The van der Waals surface area contributed by atoms with Gasteiger partial charge in [-0.2, -0.15) is 0 Å². The topological polar surface area (TPSA) is 55.8 Å². The number of aryl methyl sites for hydroxylation is 1. The molecule has 2 aliphatic rings. The van der Waals surface area contributed by atoms with Crippen molar-refractivity contribution in [3.05, 3.63) is 69.9 Å². The number of ether oxygens (including phenoxy) is 2. The van der Waals surface area contributed by atoms with E-state index in [1.54, 1.807) is 11.0 Å². The van der Waals surface area contributed by atoms with E-state index >= 15 is 0 Å². The van der Waals surface area contributed by atoms with E-state index in [0.29, 0.717) is 34.3 Å². The normalized spacial score (nSPS) is 19.0. The van der Waals surface area contributed by atoms with Crippen molar-refractivity contribution in [2.45, 2.75) is 26.2 Å². The summed E-state index contributed by atoms with van der Waals surface area (Å²) in [4.78, 5) is 27.3. The van der Waals surface area contributed by atoms with Gasteiger partial charge in [-0.3, -0.25) is 9.69 Å². The lowest BCUT2D eigenvalue weighted by Gasteiger charge is -2.32. The summed E-state index contributed by atoms with van der Waals surface area (Å²) in [5, 5.41) is 0.571. The van der Waals surface area contributed by atoms with Crippen LogP contribution in [0.1, 0.15) is 30.4 Å². The van der Waals surface area contributed by atoms with Crippen molar-refractivity contribution in [3.63, 3.8) is 0 Å². The van der Waals surface area contributed by atoms with E-state index in [-0.39, 0.29) is 24.9 Å². The van der Waals surface area contributed by atoms with Gasteiger partial charge < -0.3 is 9.47 Å². The van der Waals surface area contributed by atoms with Crippen LogP contribution < -0.4 is 9.64 Å². The molecule has 28 heavy (non-hydrogen) atoms. The number of esters is 1. The monoisotopic (exact) mass is 397 g/mol. The number of rotatable bonds is 4. The highest BCUT2D eigenvalue weighted by Crippen LogP contribution is 2.44. The number of halogens is 1. The molecular formula is C22H20ClNO4. The minimum Gasteiger partial charge on any atom is -0.494 e. The van der Waals surface area contributed by atoms with Gasteiger partial charge in [0.2, 0.25) is 5.91 Å². The van der Waals surface area contributed by atoms with E-state index in [1.165, 1.54) is 0 Å². The Labute approximate surface area is 168 Å².